The zero-order valence-electron chi connectivity index (χ0n) is 16.5. The average molecular weight is 382 g/mol. The van der Waals surface area contributed by atoms with Crippen LogP contribution in [0.5, 0.6) is 0 Å². The molecule has 28 heavy (non-hydrogen) atoms. The van der Waals surface area contributed by atoms with Gasteiger partial charge in [-0.25, -0.2) is 4.79 Å². The molecular weight excluding hydrogens is 356 g/mol. The Kier molecular flexibility index (Phi) is 7.75. The molecule has 0 saturated heterocycles. The monoisotopic (exact) mass is 382 g/mol. The van der Waals surface area contributed by atoms with Crippen LogP contribution < -0.4 is 5.32 Å². The third-order valence-electron chi connectivity index (χ3n) is 4.34. The van der Waals surface area contributed by atoms with Gasteiger partial charge in [-0.05, 0) is 31.0 Å². The second kappa shape index (κ2) is 10.3. The number of ether oxygens (including phenoxy) is 1. The number of esters is 1. The summed E-state index contributed by atoms with van der Waals surface area (Å²) in [6.45, 7) is 3.85. The van der Waals surface area contributed by atoms with E-state index in [0.29, 0.717) is 6.54 Å². The molecule has 6 heteroatoms. The lowest BCUT2D eigenvalue weighted by Gasteiger charge is -2.19. The van der Waals surface area contributed by atoms with Gasteiger partial charge >= 0.3 is 5.97 Å². The van der Waals surface area contributed by atoms with Gasteiger partial charge in [0.05, 0.1) is 11.1 Å². The van der Waals surface area contributed by atoms with Gasteiger partial charge in [-0.3, -0.25) is 9.59 Å². The fourth-order valence-corrected chi connectivity index (χ4v) is 2.61. The smallest absolute Gasteiger partial charge is 0.339 e. The molecule has 0 saturated carbocycles. The molecule has 0 aliphatic rings. The molecule has 0 bridgehead atoms. The molecule has 2 aromatic carbocycles. The van der Waals surface area contributed by atoms with Gasteiger partial charge in [0.2, 0.25) is 0 Å². The van der Waals surface area contributed by atoms with E-state index in [9.17, 15) is 14.4 Å². The van der Waals surface area contributed by atoms with Crippen molar-refractivity contribution in [2.45, 2.75) is 32.9 Å². The van der Waals surface area contributed by atoms with Crippen LogP contribution in [-0.4, -0.2) is 42.4 Å². The van der Waals surface area contributed by atoms with Crippen LogP contribution in [0.2, 0.25) is 0 Å². The maximum absolute atomic E-state index is 12.8. The van der Waals surface area contributed by atoms with E-state index in [1.165, 1.54) is 11.0 Å². The molecule has 1 atom stereocenters. The summed E-state index contributed by atoms with van der Waals surface area (Å²) in [7, 11) is 1.68. The van der Waals surface area contributed by atoms with Crippen molar-refractivity contribution in [2.75, 3.05) is 13.7 Å². The van der Waals surface area contributed by atoms with Crippen molar-refractivity contribution >= 4 is 17.8 Å². The standard InChI is InChI=1S/C22H26N2O4/c1-4-16(2)23-20(25)15-28-22(27)19-13-9-8-12-18(19)21(26)24(3)14-17-10-6-5-7-11-17/h5-13,16H,4,14-15H2,1-3H3,(H,23,25)/t16-/m0/s1. The van der Waals surface area contributed by atoms with Crippen molar-refractivity contribution in [3.63, 3.8) is 0 Å². The van der Waals surface area contributed by atoms with E-state index in [1.807, 2.05) is 44.2 Å². The largest absolute Gasteiger partial charge is 0.452 e. The molecular formula is C22H26N2O4. The Bertz CT molecular complexity index is 820. The van der Waals surface area contributed by atoms with Gasteiger partial charge in [0.25, 0.3) is 11.8 Å². The lowest BCUT2D eigenvalue weighted by Crippen LogP contribution is -2.35. The number of hydrogen-bond acceptors (Lipinski definition) is 4. The zero-order valence-corrected chi connectivity index (χ0v) is 16.5. The number of carbonyl (C=O) groups is 3. The highest BCUT2D eigenvalue weighted by Gasteiger charge is 2.21. The van der Waals surface area contributed by atoms with Gasteiger partial charge < -0.3 is 15.0 Å². The molecule has 0 heterocycles. The fraction of sp³-hybridized carbons (Fsp3) is 0.318. The Morgan fingerprint density at radius 3 is 2.25 bits per heavy atom. The molecule has 2 aromatic rings. The van der Waals surface area contributed by atoms with Crippen LogP contribution in [0.25, 0.3) is 0 Å². The minimum Gasteiger partial charge on any atom is -0.452 e. The first-order valence-corrected chi connectivity index (χ1v) is 9.27. The Hall–Kier alpha value is -3.15. The van der Waals surface area contributed by atoms with E-state index in [4.69, 9.17) is 4.74 Å². The number of hydrogen-bond donors (Lipinski definition) is 1. The van der Waals surface area contributed by atoms with E-state index in [-0.39, 0.29) is 35.6 Å². The highest BCUT2D eigenvalue weighted by Crippen LogP contribution is 2.14. The van der Waals surface area contributed by atoms with Gasteiger partial charge in [0.1, 0.15) is 0 Å². The van der Waals surface area contributed by atoms with Crippen LogP contribution in [0.4, 0.5) is 0 Å². The predicted octanol–water partition coefficient (Wildman–Crippen LogP) is 3.03. The normalized spacial score (nSPS) is 11.4. The molecule has 0 radical (unpaired) electrons. The van der Waals surface area contributed by atoms with Crippen molar-refractivity contribution in [3.05, 3.63) is 71.3 Å². The molecule has 2 amide bonds. The fourth-order valence-electron chi connectivity index (χ4n) is 2.61. The number of nitrogens with zero attached hydrogens (tertiary/aromatic N) is 1. The first-order valence-electron chi connectivity index (χ1n) is 9.27. The van der Waals surface area contributed by atoms with E-state index in [1.54, 1.807) is 25.2 Å². The lowest BCUT2D eigenvalue weighted by molar-refractivity contribution is -0.124. The van der Waals surface area contributed by atoms with E-state index < -0.39 is 5.97 Å². The highest BCUT2D eigenvalue weighted by atomic mass is 16.5. The topological polar surface area (TPSA) is 75.7 Å². The summed E-state index contributed by atoms with van der Waals surface area (Å²) >= 11 is 0. The van der Waals surface area contributed by atoms with Crippen LogP contribution in [0.3, 0.4) is 0 Å². The van der Waals surface area contributed by atoms with Crippen molar-refractivity contribution < 1.29 is 19.1 Å². The minimum atomic E-state index is -0.698. The van der Waals surface area contributed by atoms with E-state index >= 15 is 0 Å². The Morgan fingerprint density at radius 2 is 1.61 bits per heavy atom. The lowest BCUT2D eigenvalue weighted by atomic mass is 10.1. The Labute approximate surface area is 165 Å². The molecule has 0 unspecified atom stereocenters. The average Bonchev–Trinajstić information content (AvgIpc) is 2.72. The Balaban J connectivity index is 2.05. The van der Waals surface area contributed by atoms with Crippen LogP contribution in [0, 0.1) is 0 Å². The van der Waals surface area contributed by atoms with E-state index in [2.05, 4.69) is 5.32 Å². The second-order valence-corrected chi connectivity index (χ2v) is 6.65. The number of rotatable bonds is 8. The SMILES string of the molecule is CC[C@H](C)NC(=O)COC(=O)c1ccccc1C(=O)N(C)Cc1ccccc1. The minimum absolute atomic E-state index is 0.00621. The van der Waals surface area contributed by atoms with Gasteiger partial charge in [0.15, 0.2) is 6.61 Å². The van der Waals surface area contributed by atoms with Gasteiger partial charge in [-0.2, -0.15) is 0 Å². The molecule has 2 rings (SSSR count). The summed E-state index contributed by atoms with van der Waals surface area (Å²) in [6, 6.07) is 16.0. The summed E-state index contributed by atoms with van der Waals surface area (Å²) in [6.07, 6.45) is 0.783. The van der Waals surface area contributed by atoms with E-state index in [0.717, 1.165) is 12.0 Å². The van der Waals surface area contributed by atoms with Crippen LogP contribution >= 0.6 is 0 Å². The van der Waals surface area contributed by atoms with Crippen LogP contribution in [0.1, 0.15) is 46.5 Å². The number of nitrogens with one attached hydrogen (secondary N) is 1. The molecule has 0 spiro atoms. The van der Waals surface area contributed by atoms with Crippen LogP contribution in [-0.2, 0) is 16.1 Å². The summed E-state index contributed by atoms with van der Waals surface area (Å²) in [5, 5.41) is 2.73. The van der Waals surface area contributed by atoms with Gasteiger partial charge in [-0.1, -0.05) is 49.4 Å². The maximum Gasteiger partial charge on any atom is 0.339 e. The summed E-state index contributed by atoms with van der Waals surface area (Å²) < 4.78 is 5.10. The van der Waals surface area contributed by atoms with Crippen molar-refractivity contribution in [3.8, 4) is 0 Å². The quantitative estimate of drug-likeness (QED) is 0.712. The molecule has 1 N–H and O–H groups in total. The van der Waals surface area contributed by atoms with Crippen molar-refractivity contribution in [1.82, 2.24) is 10.2 Å². The summed E-state index contributed by atoms with van der Waals surface area (Å²) in [5.74, 6) is -1.36. The number of benzene rings is 2. The number of carbonyl (C=O) groups excluding carboxylic acids is 3. The molecule has 0 aromatic heterocycles. The maximum atomic E-state index is 12.8. The highest BCUT2D eigenvalue weighted by molar-refractivity contribution is 6.05. The van der Waals surface area contributed by atoms with Crippen molar-refractivity contribution in [2.24, 2.45) is 0 Å². The molecule has 0 aliphatic carbocycles. The van der Waals surface area contributed by atoms with Crippen molar-refractivity contribution in [1.29, 1.82) is 0 Å². The first-order chi connectivity index (χ1) is 13.4. The number of amides is 2. The second-order valence-electron chi connectivity index (χ2n) is 6.65. The molecule has 148 valence electrons. The third kappa shape index (κ3) is 5.94. The molecule has 0 fully saturated rings. The molecule has 6 nitrogen and oxygen atoms in total. The zero-order chi connectivity index (χ0) is 20.5. The molecule has 0 aliphatic heterocycles. The summed E-state index contributed by atoms with van der Waals surface area (Å²) in [5.41, 5.74) is 1.37. The van der Waals surface area contributed by atoms with Gasteiger partial charge in [-0.15, -0.1) is 0 Å². The third-order valence-corrected chi connectivity index (χ3v) is 4.34. The Morgan fingerprint density at radius 1 is 1.00 bits per heavy atom. The first kappa shape index (κ1) is 21.2. The summed E-state index contributed by atoms with van der Waals surface area (Å²) in [4.78, 5) is 38.6. The predicted molar refractivity (Wildman–Crippen MR) is 107 cm³/mol. The van der Waals surface area contributed by atoms with Crippen LogP contribution in [0.15, 0.2) is 54.6 Å². The van der Waals surface area contributed by atoms with Gasteiger partial charge in [0, 0.05) is 19.6 Å².